The molecule has 3 heterocycles. The summed E-state index contributed by atoms with van der Waals surface area (Å²) in [5.41, 5.74) is 0.270. The minimum atomic E-state index is -0.929. The topological polar surface area (TPSA) is 103 Å². The van der Waals surface area contributed by atoms with E-state index >= 15 is 0 Å². The van der Waals surface area contributed by atoms with Crippen molar-refractivity contribution in [1.82, 2.24) is 0 Å². The quantitative estimate of drug-likeness (QED) is 0.450. The highest BCUT2D eigenvalue weighted by atomic mass is 16.6. The van der Waals surface area contributed by atoms with E-state index in [1.807, 2.05) is 0 Å². The number of non-ortho nitro benzene ring substituents is 1. The van der Waals surface area contributed by atoms with Gasteiger partial charge < -0.3 is 15.0 Å². The van der Waals surface area contributed by atoms with E-state index in [0.717, 1.165) is 24.3 Å². The van der Waals surface area contributed by atoms with E-state index in [2.05, 4.69) is 5.32 Å². The summed E-state index contributed by atoms with van der Waals surface area (Å²) in [7, 11) is 1.36. The van der Waals surface area contributed by atoms with Crippen LogP contribution in [0.3, 0.4) is 0 Å². The first kappa shape index (κ1) is 15.1. The first-order valence-corrected chi connectivity index (χ1v) is 8.03. The Morgan fingerprint density at radius 2 is 2.29 bits per heavy atom. The lowest BCUT2D eigenvalue weighted by Gasteiger charge is -2.29. The molecular weight excluding hydrogens is 314 g/mol. The smallest absolute Gasteiger partial charge is 0.315 e. The van der Waals surface area contributed by atoms with Crippen molar-refractivity contribution in [2.24, 2.45) is 5.92 Å². The molecule has 4 rings (SSSR count). The molecule has 4 atom stereocenters. The molecule has 0 saturated carbocycles. The third-order valence-electron chi connectivity index (χ3n) is 5.78. The second kappa shape index (κ2) is 5.01. The Labute approximate surface area is 137 Å². The third kappa shape index (κ3) is 1.77. The fourth-order valence-corrected chi connectivity index (χ4v) is 4.83. The Bertz CT molecular complexity index is 764. The van der Waals surface area contributed by atoms with Gasteiger partial charge in [-0.1, -0.05) is 0 Å². The molecule has 0 aliphatic carbocycles. The van der Waals surface area contributed by atoms with E-state index in [9.17, 15) is 19.7 Å². The van der Waals surface area contributed by atoms with Gasteiger partial charge in [-0.25, -0.2) is 0 Å². The Hall–Kier alpha value is -2.48. The Kier molecular flexibility index (Phi) is 3.14. The van der Waals surface area contributed by atoms with Crippen molar-refractivity contribution in [1.29, 1.82) is 0 Å². The zero-order valence-electron chi connectivity index (χ0n) is 13.2. The molecular formula is C16H18N3O5+. The maximum Gasteiger partial charge on any atom is 0.315 e. The number of quaternary nitrogens is 1. The van der Waals surface area contributed by atoms with Crippen LogP contribution in [0.5, 0.6) is 0 Å². The average Bonchev–Trinajstić information content (AvgIpc) is 3.22. The molecule has 1 aromatic rings. The molecule has 8 nitrogen and oxygen atoms in total. The highest BCUT2D eigenvalue weighted by molar-refractivity contribution is 6.05. The van der Waals surface area contributed by atoms with Crippen molar-refractivity contribution in [2.45, 2.75) is 30.8 Å². The zero-order valence-corrected chi connectivity index (χ0v) is 13.2. The minimum absolute atomic E-state index is 0.0217. The number of esters is 1. The third-order valence-corrected chi connectivity index (χ3v) is 5.78. The van der Waals surface area contributed by atoms with Crippen LogP contribution in [0.1, 0.15) is 24.8 Å². The van der Waals surface area contributed by atoms with Gasteiger partial charge in [-0.2, -0.15) is 0 Å². The number of fused-ring (bicyclic) bond motifs is 4. The number of benzene rings is 1. The summed E-state index contributed by atoms with van der Waals surface area (Å²) < 4.78 is 4.94. The molecule has 24 heavy (non-hydrogen) atoms. The number of nitro benzene ring substituents is 1. The molecule has 126 valence electrons. The maximum atomic E-state index is 12.9. The van der Waals surface area contributed by atoms with Gasteiger partial charge in [0.2, 0.25) is 5.54 Å². The van der Waals surface area contributed by atoms with Gasteiger partial charge in [-0.05, 0) is 6.07 Å². The standard InChI is InChI=1S/C16H17N3O5/c1-24-14(20)10-8-16(18-6-2-3-13(10)18)11-7-9(19(22)23)4-5-12(11)17-15(16)21/h4-5,7,10,13H,2-3,6,8H2,1H3,(H,17,21)/p+1/t10-,13+,16+/m1/s1. The lowest BCUT2D eigenvalue weighted by molar-refractivity contribution is -0.947. The number of hydrogen-bond acceptors (Lipinski definition) is 5. The predicted octanol–water partition coefficient (Wildman–Crippen LogP) is -0.0176. The number of nitro groups is 1. The second-order valence-corrected chi connectivity index (χ2v) is 6.70. The maximum absolute atomic E-state index is 12.9. The van der Waals surface area contributed by atoms with Crippen LogP contribution in [-0.2, 0) is 19.9 Å². The molecule has 1 spiro atoms. The first-order chi connectivity index (χ1) is 11.5. The Balaban J connectivity index is 1.86. The second-order valence-electron chi connectivity index (χ2n) is 6.70. The Morgan fingerprint density at radius 1 is 1.50 bits per heavy atom. The van der Waals surface area contributed by atoms with Gasteiger partial charge in [-0.3, -0.25) is 19.7 Å². The van der Waals surface area contributed by atoms with Gasteiger partial charge in [0.1, 0.15) is 12.0 Å². The number of anilines is 1. The van der Waals surface area contributed by atoms with Crippen LogP contribution in [0.25, 0.3) is 0 Å². The van der Waals surface area contributed by atoms with E-state index in [1.54, 1.807) is 6.07 Å². The van der Waals surface area contributed by atoms with Crippen LogP contribution < -0.4 is 10.2 Å². The summed E-state index contributed by atoms with van der Waals surface area (Å²) in [4.78, 5) is 36.8. The van der Waals surface area contributed by atoms with E-state index in [4.69, 9.17) is 4.74 Å². The largest absolute Gasteiger partial charge is 0.469 e. The van der Waals surface area contributed by atoms with Crippen LogP contribution in [-0.4, -0.2) is 36.5 Å². The lowest BCUT2D eigenvalue weighted by Crippen LogP contribution is -3.19. The minimum Gasteiger partial charge on any atom is -0.469 e. The normalized spacial score (nSPS) is 33.2. The number of nitrogens with one attached hydrogen (secondary N) is 2. The van der Waals surface area contributed by atoms with Gasteiger partial charge in [0.15, 0.2) is 0 Å². The number of nitrogens with zero attached hydrogens (tertiary/aromatic N) is 1. The fourth-order valence-electron chi connectivity index (χ4n) is 4.83. The van der Waals surface area contributed by atoms with Crippen LogP contribution >= 0.6 is 0 Å². The number of rotatable bonds is 2. The van der Waals surface area contributed by atoms with Crippen LogP contribution in [0.4, 0.5) is 11.4 Å². The fraction of sp³-hybridized carbons (Fsp3) is 0.500. The molecule has 2 N–H and O–H groups in total. The Morgan fingerprint density at radius 3 is 3.00 bits per heavy atom. The molecule has 1 unspecified atom stereocenters. The van der Waals surface area contributed by atoms with Crippen molar-refractivity contribution in [3.63, 3.8) is 0 Å². The number of carbonyl (C=O) groups excluding carboxylic acids is 2. The SMILES string of the molecule is COC(=O)[C@@H]1C[C@]2(C(=O)Nc3ccc([N+](=O)[O-])cc32)[NH+]2CCC[C@@H]12. The number of amides is 1. The molecule has 1 amide bonds. The molecule has 0 radical (unpaired) electrons. The van der Waals surface area contributed by atoms with Gasteiger partial charge in [0.05, 0.1) is 29.8 Å². The highest BCUT2D eigenvalue weighted by Gasteiger charge is 2.67. The van der Waals surface area contributed by atoms with Crippen LogP contribution in [0, 0.1) is 16.0 Å². The van der Waals surface area contributed by atoms with Crippen LogP contribution in [0.15, 0.2) is 18.2 Å². The van der Waals surface area contributed by atoms with E-state index in [1.165, 1.54) is 19.2 Å². The van der Waals surface area contributed by atoms with Gasteiger partial charge >= 0.3 is 5.97 Å². The van der Waals surface area contributed by atoms with Crippen molar-refractivity contribution >= 4 is 23.3 Å². The number of ether oxygens (including phenoxy) is 1. The molecule has 2 saturated heterocycles. The average molecular weight is 332 g/mol. The monoisotopic (exact) mass is 332 g/mol. The van der Waals surface area contributed by atoms with Crippen molar-refractivity contribution < 1.29 is 24.1 Å². The number of carbonyl (C=O) groups is 2. The molecule has 2 fully saturated rings. The lowest BCUT2D eigenvalue weighted by atomic mass is 9.84. The van der Waals surface area contributed by atoms with E-state index in [-0.39, 0.29) is 29.5 Å². The first-order valence-electron chi connectivity index (χ1n) is 8.03. The zero-order chi connectivity index (χ0) is 17.1. The van der Waals surface area contributed by atoms with Gasteiger partial charge in [0.25, 0.3) is 11.6 Å². The molecule has 0 bridgehead atoms. The molecule has 3 aliphatic heterocycles. The summed E-state index contributed by atoms with van der Waals surface area (Å²) in [6.45, 7) is 0.772. The molecule has 0 aromatic heterocycles. The van der Waals surface area contributed by atoms with Gasteiger partial charge in [-0.15, -0.1) is 0 Å². The van der Waals surface area contributed by atoms with E-state index in [0.29, 0.717) is 17.7 Å². The summed E-state index contributed by atoms with van der Waals surface area (Å²) in [6, 6.07) is 4.47. The summed E-state index contributed by atoms with van der Waals surface area (Å²) in [5, 5.41) is 14.0. The summed E-state index contributed by atoms with van der Waals surface area (Å²) >= 11 is 0. The van der Waals surface area contributed by atoms with Crippen molar-refractivity contribution in [3.05, 3.63) is 33.9 Å². The summed E-state index contributed by atoms with van der Waals surface area (Å²) in [5.74, 6) is -0.835. The molecule has 8 heteroatoms. The summed E-state index contributed by atoms with van der Waals surface area (Å²) in [6.07, 6.45) is 2.11. The van der Waals surface area contributed by atoms with Crippen LogP contribution in [0.2, 0.25) is 0 Å². The van der Waals surface area contributed by atoms with Crippen molar-refractivity contribution in [2.75, 3.05) is 19.0 Å². The number of hydrogen-bond donors (Lipinski definition) is 2. The highest BCUT2D eigenvalue weighted by Crippen LogP contribution is 2.45. The predicted molar refractivity (Wildman–Crippen MR) is 82.4 cm³/mol. The number of methoxy groups -OCH3 is 1. The van der Waals surface area contributed by atoms with Gasteiger partial charge in [0, 0.05) is 31.4 Å². The van der Waals surface area contributed by atoms with Crippen molar-refractivity contribution in [3.8, 4) is 0 Å². The van der Waals surface area contributed by atoms with E-state index < -0.39 is 10.5 Å². The molecule has 1 aromatic carbocycles. The molecule has 3 aliphatic rings.